The Morgan fingerprint density at radius 2 is 2.20 bits per heavy atom. The maximum atomic E-state index is 12.0. The van der Waals surface area contributed by atoms with Crippen LogP contribution in [0.2, 0.25) is 0 Å². The van der Waals surface area contributed by atoms with Crippen LogP contribution in [0.1, 0.15) is 38.9 Å². The Balaban J connectivity index is 2.03. The van der Waals surface area contributed by atoms with Crippen molar-refractivity contribution in [2.75, 3.05) is 13.6 Å². The number of aryl methyl sites for hydroxylation is 1. The summed E-state index contributed by atoms with van der Waals surface area (Å²) in [6.45, 7) is 2.67. The lowest BCUT2D eigenvalue weighted by Gasteiger charge is -2.21. The van der Waals surface area contributed by atoms with E-state index in [4.69, 9.17) is 4.42 Å². The Kier molecular flexibility index (Phi) is 3.32. The number of nitrogens with one attached hydrogen (secondary N) is 2. The minimum absolute atomic E-state index is 0.0202. The minimum Gasteiger partial charge on any atom is -0.469 e. The molecule has 0 aliphatic carbocycles. The number of hydrogen-bond acceptors (Lipinski definition) is 3. The zero-order valence-corrected chi connectivity index (χ0v) is 11.7. The fraction of sp³-hybridized carbons (Fsp3) is 0.312. The SMILES string of the molecule is CNC(c1ccc2c(c1)C(=O)NCC2)c1ccoc1C. The second-order valence-corrected chi connectivity index (χ2v) is 5.08. The van der Waals surface area contributed by atoms with Crippen LogP contribution < -0.4 is 10.6 Å². The number of carbonyl (C=O) groups excluding carboxylic acids is 1. The van der Waals surface area contributed by atoms with Crippen LogP contribution in [0.15, 0.2) is 34.9 Å². The van der Waals surface area contributed by atoms with Crippen LogP contribution in [0.4, 0.5) is 0 Å². The van der Waals surface area contributed by atoms with Gasteiger partial charge < -0.3 is 15.1 Å². The van der Waals surface area contributed by atoms with Crippen molar-refractivity contribution in [1.82, 2.24) is 10.6 Å². The highest BCUT2D eigenvalue weighted by atomic mass is 16.3. The summed E-state index contributed by atoms with van der Waals surface area (Å²) >= 11 is 0. The molecule has 4 heteroatoms. The van der Waals surface area contributed by atoms with E-state index in [0.29, 0.717) is 0 Å². The van der Waals surface area contributed by atoms with Gasteiger partial charge >= 0.3 is 0 Å². The summed E-state index contributed by atoms with van der Waals surface area (Å²) in [6.07, 6.45) is 2.59. The number of benzene rings is 1. The minimum atomic E-state index is 0.0202. The lowest BCUT2D eigenvalue weighted by atomic mass is 9.92. The third kappa shape index (κ3) is 2.12. The molecule has 2 heterocycles. The average Bonchev–Trinajstić information content (AvgIpc) is 2.87. The van der Waals surface area contributed by atoms with Crippen molar-refractivity contribution in [2.45, 2.75) is 19.4 Å². The summed E-state index contributed by atoms with van der Waals surface area (Å²) in [4.78, 5) is 12.0. The van der Waals surface area contributed by atoms with E-state index in [1.807, 2.05) is 26.1 Å². The molecule has 3 rings (SSSR count). The molecule has 1 aromatic heterocycles. The summed E-state index contributed by atoms with van der Waals surface area (Å²) in [7, 11) is 1.91. The number of rotatable bonds is 3. The van der Waals surface area contributed by atoms with Gasteiger partial charge in [-0.15, -0.1) is 0 Å². The number of amides is 1. The number of hydrogen-bond donors (Lipinski definition) is 2. The molecule has 0 radical (unpaired) electrons. The van der Waals surface area contributed by atoms with Crippen molar-refractivity contribution >= 4 is 5.91 Å². The van der Waals surface area contributed by atoms with E-state index in [9.17, 15) is 4.79 Å². The standard InChI is InChI=1S/C16H18N2O2/c1-10-13(6-8-20-10)15(17-2)12-4-3-11-5-7-18-16(19)14(11)9-12/h3-4,6,8-9,15,17H,5,7H2,1-2H3,(H,18,19). The van der Waals surface area contributed by atoms with Crippen molar-refractivity contribution in [2.24, 2.45) is 0 Å². The van der Waals surface area contributed by atoms with E-state index in [2.05, 4.69) is 22.8 Å². The lowest BCUT2D eigenvalue weighted by Crippen LogP contribution is -2.32. The van der Waals surface area contributed by atoms with Crippen molar-refractivity contribution in [3.05, 3.63) is 58.5 Å². The molecule has 1 aliphatic rings. The molecule has 1 atom stereocenters. The summed E-state index contributed by atoms with van der Waals surface area (Å²) in [5, 5.41) is 6.18. The maximum absolute atomic E-state index is 12.0. The van der Waals surface area contributed by atoms with Crippen molar-refractivity contribution in [1.29, 1.82) is 0 Å². The number of furan rings is 1. The number of carbonyl (C=O) groups is 1. The average molecular weight is 270 g/mol. The second-order valence-electron chi connectivity index (χ2n) is 5.08. The molecule has 1 amide bonds. The van der Waals surface area contributed by atoms with Gasteiger partial charge in [-0.25, -0.2) is 0 Å². The molecule has 104 valence electrons. The molecular weight excluding hydrogens is 252 g/mol. The van der Waals surface area contributed by atoms with Gasteiger partial charge in [0, 0.05) is 17.7 Å². The Bertz CT molecular complexity index is 646. The summed E-state index contributed by atoms with van der Waals surface area (Å²) in [5.41, 5.74) is 4.09. The van der Waals surface area contributed by atoms with Crippen LogP contribution in [0.3, 0.4) is 0 Å². The van der Waals surface area contributed by atoms with Crippen LogP contribution in [0, 0.1) is 6.92 Å². The molecular formula is C16H18N2O2. The van der Waals surface area contributed by atoms with Crippen molar-refractivity contribution < 1.29 is 9.21 Å². The molecule has 1 aromatic carbocycles. The molecule has 0 spiro atoms. The lowest BCUT2D eigenvalue weighted by molar-refractivity contribution is 0.0946. The molecule has 0 saturated carbocycles. The molecule has 2 N–H and O–H groups in total. The Morgan fingerprint density at radius 3 is 2.90 bits per heavy atom. The highest BCUT2D eigenvalue weighted by Crippen LogP contribution is 2.27. The fourth-order valence-corrected chi connectivity index (χ4v) is 2.80. The van der Waals surface area contributed by atoms with Gasteiger partial charge in [0.2, 0.25) is 0 Å². The second kappa shape index (κ2) is 5.13. The Labute approximate surface area is 118 Å². The van der Waals surface area contributed by atoms with Gasteiger partial charge in [0.25, 0.3) is 5.91 Å². The first-order valence-corrected chi connectivity index (χ1v) is 6.83. The van der Waals surface area contributed by atoms with Crippen LogP contribution in [0.25, 0.3) is 0 Å². The van der Waals surface area contributed by atoms with Crippen LogP contribution in [-0.2, 0) is 6.42 Å². The van der Waals surface area contributed by atoms with Gasteiger partial charge in [-0.1, -0.05) is 12.1 Å². The Morgan fingerprint density at radius 1 is 1.35 bits per heavy atom. The smallest absolute Gasteiger partial charge is 0.251 e. The van der Waals surface area contributed by atoms with Crippen molar-refractivity contribution in [3.63, 3.8) is 0 Å². The zero-order chi connectivity index (χ0) is 14.1. The maximum Gasteiger partial charge on any atom is 0.251 e. The molecule has 0 bridgehead atoms. The molecule has 20 heavy (non-hydrogen) atoms. The van der Waals surface area contributed by atoms with E-state index >= 15 is 0 Å². The van der Waals surface area contributed by atoms with E-state index in [0.717, 1.165) is 41.0 Å². The van der Waals surface area contributed by atoms with E-state index in [-0.39, 0.29) is 11.9 Å². The quantitative estimate of drug-likeness (QED) is 0.899. The number of fused-ring (bicyclic) bond motifs is 1. The first kappa shape index (κ1) is 12.9. The highest BCUT2D eigenvalue weighted by molar-refractivity contribution is 5.96. The predicted molar refractivity (Wildman–Crippen MR) is 76.8 cm³/mol. The topological polar surface area (TPSA) is 54.3 Å². The summed E-state index contributed by atoms with van der Waals surface area (Å²) in [5.74, 6) is 0.915. The third-order valence-electron chi connectivity index (χ3n) is 3.89. The van der Waals surface area contributed by atoms with Crippen LogP contribution in [-0.4, -0.2) is 19.5 Å². The zero-order valence-electron chi connectivity index (χ0n) is 11.7. The van der Waals surface area contributed by atoms with Gasteiger partial charge in [-0.3, -0.25) is 4.79 Å². The van der Waals surface area contributed by atoms with Gasteiger partial charge in [-0.05, 0) is 43.7 Å². The molecule has 1 aliphatic heterocycles. The Hall–Kier alpha value is -2.07. The fourth-order valence-electron chi connectivity index (χ4n) is 2.80. The third-order valence-corrected chi connectivity index (χ3v) is 3.89. The molecule has 0 saturated heterocycles. The monoisotopic (exact) mass is 270 g/mol. The molecule has 0 fully saturated rings. The molecule has 4 nitrogen and oxygen atoms in total. The van der Waals surface area contributed by atoms with Crippen molar-refractivity contribution in [3.8, 4) is 0 Å². The summed E-state index contributed by atoms with van der Waals surface area (Å²) in [6, 6.07) is 8.13. The largest absolute Gasteiger partial charge is 0.469 e. The van der Waals surface area contributed by atoms with Gasteiger partial charge in [0.1, 0.15) is 5.76 Å². The van der Waals surface area contributed by atoms with Crippen LogP contribution >= 0.6 is 0 Å². The van der Waals surface area contributed by atoms with Gasteiger partial charge in [-0.2, -0.15) is 0 Å². The first-order valence-electron chi connectivity index (χ1n) is 6.83. The first-order chi connectivity index (χ1) is 9.70. The highest BCUT2D eigenvalue weighted by Gasteiger charge is 2.21. The van der Waals surface area contributed by atoms with E-state index in [1.54, 1.807) is 6.26 Å². The molecule has 2 aromatic rings. The summed E-state index contributed by atoms with van der Waals surface area (Å²) < 4.78 is 5.38. The van der Waals surface area contributed by atoms with Gasteiger partial charge in [0.15, 0.2) is 0 Å². The van der Waals surface area contributed by atoms with Gasteiger partial charge in [0.05, 0.1) is 12.3 Å². The normalized spacial score (nSPS) is 15.6. The molecule has 1 unspecified atom stereocenters. The predicted octanol–water partition coefficient (Wildman–Crippen LogP) is 2.18. The van der Waals surface area contributed by atoms with Crippen LogP contribution in [0.5, 0.6) is 0 Å². The van der Waals surface area contributed by atoms with E-state index < -0.39 is 0 Å². The van der Waals surface area contributed by atoms with E-state index in [1.165, 1.54) is 0 Å².